The second-order valence-electron chi connectivity index (χ2n) is 8.52. The third-order valence-electron chi connectivity index (χ3n) is 5.71. The molecule has 5 heteroatoms. The largest absolute Gasteiger partial charge is 0.372 e. The van der Waals surface area contributed by atoms with Crippen LogP contribution in [0.4, 0.5) is 11.4 Å². The number of hydrogen-bond donors (Lipinski definition) is 3. The monoisotopic (exact) mass is 391 g/mol. The number of allylic oxidation sites excluding steroid dienone is 1. The number of carbonyl (C=O) groups excluding carboxylic acids is 1. The van der Waals surface area contributed by atoms with Gasteiger partial charge in [0.25, 0.3) is 0 Å². The smallest absolute Gasteiger partial charge is 0.163 e. The van der Waals surface area contributed by atoms with Gasteiger partial charge in [-0.15, -0.1) is 0 Å². The summed E-state index contributed by atoms with van der Waals surface area (Å²) in [5, 5.41) is 8.93. The summed E-state index contributed by atoms with van der Waals surface area (Å²) in [6.45, 7) is 4.30. The molecule has 3 N–H and O–H groups in total. The number of H-pyrrole nitrogens is 1. The van der Waals surface area contributed by atoms with Gasteiger partial charge in [-0.25, -0.2) is 0 Å². The van der Waals surface area contributed by atoms with Crippen LogP contribution >= 0.6 is 11.6 Å². The molecule has 3 aromatic rings. The van der Waals surface area contributed by atoms with Crippen LogP contribution in [0.15, 0.2) is 59.9 Å². The summed E-state index contributed by atoms with van der Waals surface area (Å²) in [4.78, 5) is 16.6. The van der Waals surface area contributed by atoms with Crippen LogP contribution in [0.3, 0.4) is 0 Å². The molecule has 2 heterocycles. The van der Waals surface area contributed by atoms with E-state index in [1.54, 1.807) is 0 Å². The second kappa shape index (κ2) is 6.14. The summed E-state index contributed by atoms with van der Waals surface area (Å²) >= 11 is 6.27. The highest BCUT2D eigenvalue weighted by atomic mass is 35.5. The van der Waals surface area contributed by atoms with Gasteiger partial charge in [-0.1, -0.05) is 43.6 Å². The van der Waals surface area contributed by atoms with E-state index in [9.17, 15) is 4.79 Å². The van der Waals surface area contributed by atoms with E-state index in [-0.39, 0.29) is 17.2 Å². The van der Waals surface area contributed by atoms with Gasteiger partial charge in [0.05, 0.1) is 17.4 Å². The van der Waals surface area contributed by atoms with Gasteiger partial charge in [-0.05, 0) is 36.1 Å². The van der Waals surface area contributed by atoms with Crippen molar-refractivity contribution in [3.05, 3.63) is 70.5 Å². The average Bonchev–Trinajstić information content (AvgIpc) is 2.98. The van der Waals surface area contributed by atoms with Gasteiger partial charge in [0.15, 0.2) is 5.78 Å². The molecular weight excluding hydrogens is 370 g/mol. The number of rotatable bonds is 1. The van der Waals surface area contributed by atoms with E-state index in [1.807, 2.05) is 36.5 Å². The molecule has 0 saturated heterocycles. The van der Waals surface area contributed by atoms with E-state index in [4.69, 9.17) is 11.6 Å². The van der Waals surface area contributed by atoms with Crippen molar-refractivity contribution in [3.8, 4) is 0 Å². The lowest BCUT2D eigenvalue weighted by Gasteiger charge is -2.34. The van der Waals surface area contributed by atoms with Crippen molar-refractivity contribution in [1.29, 1.82) is 0 Å². The summed E-state index contributed by atoms with van der Waals surface area (Å²) in [6, 6.07) is 13.7. The summed E-state index contributed by atoms with van der Waals surface area (Å²) in [6.07, 6.45) is 3.39. The second-order valence-corrected chi connectivity index (χ2v) is 8.95. The first kappa shape index (κ1) is 17.4. The Bertz CT molecular complexity index is 1140. The molecule has 0 bridgehead atoms. The summed E-state index contributed by atoms with van der Waals surface area (Å²) in [5.41, 5.74) is 5.76. The van der Waals surface area contributed by atoms with Gasteiger partial charge in [0.1, 0.15) is 0 Å². The molecule has 1 aliphatic carbocycles. The maximum Gasteiger partial charge on any atom is 0.163 e. The first-order valence-electron chi connectivity index (χ1n) is 9.57. The molecule has 1 unspecified atom stereocenters. The number of aromatic nitrogens is 1. The minimum absolute atomic E-state index is 0.0649. The van der Waals surface area contributed by atoms with Crippen LogP contribution in [0.5, 0.6) is 0 Å². The van der Waals surface area contributed by atoms with E-state index in [0.29, 0.717) is 11.4 Å². The molecule has 0 spiro atoms. The van der Waals surface area contributed by atoms with Crippen LogP contribution in [0.25, 0.3) is 10.9 Å². The Morgan fingerprint density at radius 1 is 1.07 bits per heavy atom. The topological polar surface area (TPSA) is 56.9 Å². The Labute approximate surface area is 169 Å². The number of nitrogens with one attached hydrogen (secondary N) is 3. The van der Waals surface area contributed by atoms with Gasteiger partial charge < -0.3 is 15.6 Å². The Balaban J connectivity index is 1.74. The molecule has 2 aliphatic rings. The van der Waals surface area contributed by atoms with E-state index < -0.39 is 0 Å². The number of ketones is 1. The standard InChI is InChI=1S/C23H22ClN3O/c1-23(2)10-19-21(20(28)11-23)22(15-12-25-16-6-4-3-5-14(15)16)27-18-9-13(24)7-8-17(18)26-19/h3-9,12,22,25-27H,10-11H2,1-2H3. The zero-order chi connectivity index (χ0) is 19.5. The molecule has 0 radical (unpaired) electrons. The Morgan fingerprint density at radius 3 is 2.75 bits per heavy atom. The van der Waals surface area contributed by atoms with Gasteiger partial charge in [-0.2, -0.15) is 0 Å². The van der Waals surface area contributed by atoms with Gasteiger partial charge in [-0.3, -0.25) is 4.79 Å². The van der Waals surface area contributed by atoms with Crippen molar-refractivity contribution in [2.75, 3.05) is 10.6 Å². The zero-order valence-electron chi connectivity index (χ0n) is 15.9. The van der Waals surface area contributed by atoms with Gasteiger partial charge >= 0.3 is 0 Å². The van der Waals surface area contributed by atoms with Gasteiger partial charge in [0, 0.05) is 45.4 Å². The first-order valence-corrected chi connectivity index (χ1v) is 9.94. The number of anilines is 2. The molecule has 2 aromatic carbocycles. The highest BCUT2D eigenvalue weighted by Gasteiger charge is 2.39. The third-order valence-corrected chi connectivity index (χ3v) is 5.94. The summed E-state index contributed by atoms with van der Waals surface area (Å²) in [5.74, 6) is 0.195. The maximum absolute atomic E-state index is 13.3. The molecule has 0 amide bonds. The number of benzene rings is 2. The molecule has 1 atom stereocenters. The number of fused-ring (bicyclic) bond motifs is 2. The fraction of sp³-hybridized carbons (Fsp3) is 0.261. The molecular formula is C23H22ClN3O. The Kier molecular flexibility index (Phi) is 3.81. The number of Topliss-reactive ketones (excluding diaryl/α,β-unsaturated/α-hetero) is 1. The third kappa shape index (κ3) is 2.80. The van der Waals surface area contributed by atoms with Crippen LogP contribution in [-0.2, 0) is 4.79 Å². The zero-order valence-corrected chi connectivity index (χ0v) is 16.7. The quantitative estimate of drug-likeness (QED) is 0.473. The number of halogens is 1. The van der Waals surface area contributed by atoms with Crippen LogP contribution in [-0.4, -0.2) is 10.8 Å². The van der Waals surface area contributed by atoms with Gasteiger partial charge in [0.2, 0.25) is 0 Å². The normalized spacial score (nSPS) is 20.8. The summed E-state index contributed by atoms with van der Waals surface area (Å²) < 4.78 is 0. The fourth-order valence-electron chi connectivity index (χ4n) is 4.48. The lowest BCUT2D eigenvalue weighted by Crippen LogP contribution is -2.31. The van der Waals surface area contributed by atoms with Crippen LogP contribution in [0.2, 0.25) is 5.02 Å². The van der Waals surface area contributed by atoms with Crippen molar-refractivity contribution in [2.24, 2.45) is 5.41 Å². The molecule has 0 saturated carbocycles. The number of hydrogen-bond acceptors (Lipinski definition) is 3. The average molecular weight is 392 g/mol. The van der Waals surface area contributed by atoms with Crippen LogP contribution in [0, 0.1) is 5.41 Å². The molecule has 28 heavy (non-hydrogen) atoms. The molecule has 0 fully saturated rings. The minimum Gasteiger partial charge on any atom is -0.372 e. The van der Waals surface area contributed by atoms with Crippen LogP contribution in [0.1, 0.15) is 38.3 Å². The maximum atomic E-state index is 13.3. The van der Waals surface area contributed by atoms with E-state index in [1.165, 1.54) is 0 Å². The van der Waals surface area contributed by atoms with Crippen molar-refractivity contribution < 1.29 is 4.79 Å². The molecule has 4 nitrogen and oxygen atoms in total. The fourth-order valence-corrected chi connectivity index (χ4v) is 4.65. The highest BCUT2D eigenvalue weighted by Crippen LogP contribution is 2.46. The van der Waals surface area contributed by atoms with E-state index >= 15 is 0 Å². The predicted octanol–water partition coefficient (Wildman–Crippen LogP) is 6.04. The molecule has 5 rings (SSSR count). The van der Waals surface area contributed by atoms with Crippen molar-refractivity contribution in [2.45, 2.75) is 32.7 Å². The minimum atomic E-state index is -0.234. The molecule has 1 aromatic heterocycles. The molecule has 1 aliphatic heterocycles. The number of aromatic amines is 1. The summed E-state index contributed by atoms with van der Waals surface area (Å²) in [7, 11) is 0. The van der Waals surface area contributed by atoms with Crippen molar-refractivity contribution >= 4 is 39.7 Å². The Hall–Kier alpha value is -2.72. The van der Waals surface area contributed by atoms with E-state index in [2.05, 4.69) is 41.6 Å². The predicted molar refractivity (Wildman–Crippen MR) is 115 cm³/mol. The number of para-hydroxylation sites is 1. The lowest BCUT2D eigenvalue weighted by molar-refractivity contribution is -0.118. The van der Waals surface area contributed by atoms with Crippen molar-refractivity contribution in [3.63, 3.8) is 0 Å². The molecule has 142 valence electrons. The Morgan fingerprint density at radius 2 is 1.89 bits per heavy atom. The SMILES string of the molecule is CC1(C)CC(=O)C2=C(C1)Nc1ccc(Cl)cc1NC2c1c[nH]c2ccccc12. The lowest BCUT2D eigenvalue weighted by atomic mass is 9.73. The van der Waals surface area contributed by atoms with Crippen molar-refractivity contribution in [1.82, 2.24) is 4.98 Å². The van der Waals surface area contributed by atoms with Crippen LogP contribution < -0.4 is 10.6 Å². The highest BCUT2D eigenvalue weighted by molar-refractivity contribution is 6.31. The van der Waals surface area contributed by atoms with E-state index in [0.717, 1.165) is 45.5 Å². The first-order chi connectivity index (χ1) is 13.4. The number of carbonyl (C=O) groups is 1.